The van der Waals surface area contributed by atoms with Crippen molar-refractivity contribution in [1.29, 1.82) is 0 Å². The first-order valence-corrected chi connectivity index (χ1v) is 6.51. The molecule has 3 aromatic rings. The Morgan fingerprint density at radius 3 is 2.68 bits per heavy atom. The van der Waals surface area contributed by atoms with Crippen LogP contribution in [0.2, 0.25) is 0 Å². The molecule has 7 heteroatoms. The molecule has 1 heterocycles. The lowest BCUT2D eigenvalue weighted by Gasteiger charge is -2.09. The standard InChI is InChI=1S/C15H12N4O3/c20-8-12-13(21)2-1-3-14(12)22-9-10-4-6-11(7-5-10)15-16-18-19-17-15/h1-8,21H,9H2,(H,16,17,18,19). The predicted molar refractivity (Wildman–Crippen MR) is 77.4 cm³/mol. The minimum absolute atomic E-state index is 0.0966. The number of benzene rings is 2. The number of H-pyrrole nitrogens is 1. The zero-order chi connectivity index (χ0) is 15.4. The molecule has 0 spiro atoms. The summed E-state index contributed by atoms with van der Waals surface area (Å²) in [5.74, 6) is 0.836. The molecule has 0 aliphatic heterocycles. The van der Waals surface area contributed by atoms with Crippen molar-refractivity contribution in [2.75, 3.05) is 0 Å². The van der Waals surface area contributed by atoms with Gasteiger partial charge >= 0.3 is 0 Å². The third-order valence-electron chi connectivity index (χ3n) is 3.13. The summed E-state index contributed by atoms with van der Waals surface area (Å²) in [6.07, 6.45) is 0.574. The number of rotatable bonds is 5. The van der Waals surface area contributed by atoms with Gasteiger partial charge in [0.05, 0.1) is 5.56 Å². The molecule has 2 N–H and O–H groups in total. The van der Waals surface area contributed by atoms with E-state index in [-0.39, 0.29) is 17.9 Å². The van der Waals surface area contributed by atoms with Crippen molar-refractivity contribution in [3.63, 3.8) is 0 Å². The molecule has 0 saturated heterocycles. The quantitative estimate of drug-likeness (QED) is 0.698. The first-order chi connectivity index (χ1) is 10.8. The Hall–Kier alpha value is -3.22. The topological polar surface area (TPSA) is 101 Å². The maximum atomic E-state index is 11.0. The van der Waals surface area contributed by atoms with Gasteiger partial charge in [-0.15, -0.1) is 5.10 Å². The van der Waals surface area contributed by atoms with Gasteiger partial charge in [0.25, 0.3) is 0 Å². The average molecular weight is 296 g/mol. The number of aromatic hydroxyl groups is 1. The highest BCUT2D eigenvalue weighted by molar-refractivity contribution is 5.83. The first kappa shape index (κ1) is 13.7. The van der Waals surface area contributed by atoms with Gasteiger partial charge in [-0.3, -0.25) is 4.79 Å². The summed E-state index contributed by atoms with van der Waals surface area (Å²) in [4.78, 5) is 11.0. The second kappa shape index (κ2) is 6.04. The predicted octanol–water partition coefficient (Wildman–Crippen LogP) is 1.96. The van der Waals surface area contributed by atoms with E-state index in [0.717, 1.165) is 11.1 Å². The number of nitrogens with one attached hydrogen (secondary N) is 1. The molecule has 0 amide bonds. The molecule has 3 rings (SSSR count). The molecule has 0 radical (unpaired) electrons. The second-order valence-electron chi connectivity index (χ2n) is 4.54. The number of phenolic OH excluding ortho intramolecular Hbond substituents is 1. The van der Waals surface area contributed by atoms with E-state index in [1.165, 1.54) is 6.07 Å². The molecule has 0 fully saturated rings. The molecule has 0 atom stereocenters. The van der Waals surface area contributed by atoms with Gasteiger partial charge in [-0.05, 0) is 28.1 Å². The van der Waals surface area contributed by atoms with Crippen LogP contribution < -0.4 is 4.74 Å². The number of nitrogens with zero attached hydrogens (tertiary/aromatic N) is 3. The average Bonchev–Trinajstić information content (AvgIpc) is 3.08. The van der Waals surface area contributed by atoms with E-state index >= 15 is 0 Å². The summed E-state index contributed by atoms with van der Waals surface area (Å²) in [7, 11) is 0. The van der Waals surface area contributed by atoms with Crippen molar-refractivity contribution in [2.24, 2.45) is 0 Å². The van der Waals surface area contributed by atoms with Gasteiger partial charge < -0.3 is 9.84 Å². The number of ether oxygens (including phenoxy) is 1. The Labute approximate surface area is 125 Å². The van der Waals surface area contributed by atoms with Gasteiger partial charge in [0.15, 0.2) is 12.1 Å². The monoisotopic (exact) mass is 296 g/mol. The van der Waals surface area contributed by atoms with Gasteiger partial charge in [0.2, 0.25) is 0 Å². The van der Waals surface area contributed by atoms with Crippen LogP contribution in [0.4, 0.5) is 0 Å². The van der Waals surface area contributed by atoms with E-state index in [0.29, 0.717) is 17.9 Å². The summed E-state index contributed by atoms with van der Waals surface area (Å²) < 4.78 is 5.59. The number of aromatic amines is 1. The van der Waals surface area contributed by atoms with Crippen LogP contribution in [0, 0.1) is 0 Å². The Kier molecular flexibility index (Phi) is 3.78. The summed E-state index contributed by atoms with van der Waals surface area (Å²) in [5, 5.41) is 23.2. The lowest BCUT2D eigenvalue weighted by atomic mass is 10.1. The number of hydrogen-bond donors (Lipinski definition) is 2. The fourth-order valence-electron chi connectivity index (χ4n) is 1.98. The van der Waals surface area contributed by atoms with Gasteiger partial charge in [0, 0.05) is 5.56 Å². The molecule has 0 saturated carbocycles. The maximum Gasteiger partial charge on any atom is 0.179 e. The van der Waals surface area contributed by atoms with E-state index in [2.05, 4.69) is 20.6 Å². The molecule has 110 valence electrons. The molecular weight excluding hydrogens is 284 g/mol. The summed E-state index contributed by atoms with van der Waals surface area (Å²) >= 11 is 0. The fraction of sp³-hybridized carbons (Fsp3) is 0.0667. The van der Waals surface area contributed by atoms with E-state index in [4.69, 9.17) is 4.74 Å². The van der Waals surface area contributed by atoms with Gasteiger partial charge in [-0.2, -0.15) is 0 Å². The van der Waals surface area contributed by atoms with E-state index in [1.54, 1.807) is 12.1 Å². The summed E-state index contributed by atoms with van der Waals surface area (Å²) in [5.41, 5.74) is 1.92. The van der Waals surface area contributed by atoms with Crippen molar-refractivity contribution in [3.05, 3.63) is 53.6 Å². The maximum absolute atomic E-state index is 11.0. The Morgan fingerprint density at radius 2 is 2.00 bits per heavy atom. The molecule has 22 heavy (non-hydrogen) atoms. The Balaban J connectivity index is 1.72. The molecule has 0 aliphatic rings. The lowest BCUT2D eigenvalue weighted by Crippen LogP contribution is -1.98. The van der Waals surface area contributed by atoms with Gasteiger partial charge in [-0.25, -0.2) is 5.10 Å². The van der Waals surface area contributed by atoms with Crippen molar-refractivity contribution < 1.29 is 14.6 Å². The molecule has 2 aromatic carbocycles. The van der Waals surface area contributed by atoms with Crippen LogP contribution in [0.15, 0.2) is 42.5 Å². The number of carbonyl (C=O) groups is 1. The van der Waals surface area contributed by atoms with E-state index in [1.807, 2.05) is 24.3 Å². The minimum Gasteiger partial charge on any atom is -0.507 e. The normalized spacial score (nSPS) is 10.4. The SMILES string of the molecule is O=Cc1c(O)cccc1OCc1ccc(-c2nnn[nH]2)cc1. The molecule has 0 aliphatic carbocycles. The molecule has 1 aromatic heterocycles. The van der Waals surface area contributed by atoms with Crippen molar-refractivity contribution in [2.45, 2.75) is 6.61 Å². The third-order valence-corrected chi connectivity index (χ3v) is 3.13. The summed E-state index contributed by atoms with van der Waals surface area (Å²) in [6, 6.07) is 12.2. The highest BCUT2D eigenvalue weighted by Gasteiger charge is 2.08. The van der Waals surface area contributed by atoms with Crippen LogP contribution in [0.25, 0.3) is 11.4 Å². The molecular formula is C15H12N4O3. The first-order valence-electron chi connectivity index (χ1n) is 6.51. The summed E-state index contributed by atoms with van der Waals surface area (Å²) in [6.45, 7) is 0.277. The number of hydrogen-bond acceptors (Lipinski definition) is 6. The van der Waals surface area contributed by atoms with Crippen LogP contribution in [-0.2, 0) is 6.61 Å². The second-order valence-corrected chi connectivity index (χ2v) is 4.54. The largest absolute Gasteiger partial charge is 0.507 e. The lowest BCUT2D eigenvalue weighted by molar-refractivity contribution is 0.111. The molecule has 7 nitrogen and oxygen atoms in total. The number of aldehydes is 1. The third kappa shape index (κ3) is 2.78. The van der Waals surface area contributed by atoms with E-state index < -0.39 is 0 Å². The van der Waals surface area contributed by atoms with Crippen LogP contribution in [0.3, 0.4) is 0 Å². The smallest absolute Gasteiger partial charge is 0.179 e. The van der Waals surface area contributed by atoms with Crippen LogP contribution >= 0.6 is 0 Å². The fourth-order valence-corrected chi connectivity index (χ4v) is 1.98. The molecule has 0 unspecified atom stereocenters. The van der Waals surface area contributed by atoms with Gasteiger partial charge in [0.1, 0.15) is 18.1 Å². The van der Waals surface area contributed by atoms with Crippen LogP contribution in [0.1, 0.15) is 15.9 Å². The van der Waals surface area contributed by atoms with E-state index in [9.17, 15) is 9.90 Å². The Morgan fingerprint density at radius 1 is 1.18 bits per heavy atom. The number of phenols is 1. The van der Waals surface area contributed by atoms with Crippen molar-refractivity contribution in [3.8, 4) is 22.9 Å². The zero-order valence-corrected chi connectivity index (χ0v) is 11.4. The van der Waals surface area contributed by atoms with Crippen LogP contribution in [-0.4, -0.2) is 32.0 Å². The Bertz CT molecular complexity index is 770. The highest BCUT2D eigenvalue weighted by Crippen LogP contribution is 2.26. The van der Waals surface area contributed by atoms with Crippen molar-refractivity contribution >= 4 is 6.29 Å². The van der Waals surface area contributed by atoms with Crippen molar-refractivity contribution in [1.82, 2.24) is 20.6 Å². The highest BCUT2D eigenvalue weighted by atomic mass is 16.5. The minimum atomic E-state index is -0.0966. The number of carbonyl (C=O) groups excluding carboxylic acids is 1. The zero-order valence-electron chi connectivity index (χ0n) is 11.4. The van der Waals surface area contributed by atoms with Crippen LogP contribution in [0.5, 0.6) is 11.5 Å². The van der Waals surface area contributed by atoms with Gasteiger partial charge in [-0.1, -0.05) is 30.3 Å². The number of aromatic nitrogens is 4. The molecule has 0 bridgehead atoms. The number of tetrazole rings is 1.